The molecular weight excluding hydrogens is 331 g/mol. The average Bonchev–Trinajstić information content (AvgIpc) is 2.81. The molecule has 2 aromatic rings. The Morgan fingerprint density at radius 3 is 2.35 bits per heavy atom. The highest BCUT2D eigenvalue weighted by Crippen LogP contribution is 2.28. The van der Waals surface area contributed by atoms with Crippen LogP contribution in [0.3, 0.4) is 0 Å². The highest BCUT2D eigenvalue weighted by atomic mass is 32.2. The lowest BCUT2D eigenvalue weighted by atomic mass is 10.2. The van der Waals surface area contributed by atoms with Crippen LogP contribution in [0.2, 0.25) is 0 Å². The SMILES string of the molecule is CN(Cc1cc(C(F)(F)F)nn1C)S(=O)(=O)Cc1ccccc1. The minimum atomic E-state index is -4.56. The van der Waals surface area contributed by atoms with Crippen molar-refractivity contribution in [2.45, 2.75) is 18.5 Å². The van der Waals surface area contributed by atoms with Crippen LogP contribution in [0.4, 0.5) is 13.2 Å². The summed E-state index contributed by atoms with van der Waals surface area (Å²) in [5.41, 5.74) is -0.263. The Morgan fingerprint density at radius 1 is 1.22 bits per heavy atom. The third-order valence-electron chi connectivity index (χ3n) is 3.32. The van der Waals surface area contributed by atoms with Crippen LogP contribution >= 0.6 is 0 Å². The zero-order chi connectivity index (χ0) is 17.3. The number of hydrogen-bond donors (Lipinski definition) is 0. The molecule has 0 aliphatic heterocycles. The van der Waals surface area contributed by atoms with Gasteiger partial charge in [0.1, 0.15) is 0 Å². The maximum Gasteiger partial charge on any atom is 0.435 e. The summed E-state index contributed by atoms with van der Waals surface area (Å²) in [5, 5.41) is 3.37. The van der Waals surface area contributed by atoms with Crippen molar-refractivity contribution < 1.29 is 21.6 Å². The summed E-state index contributed by atoms with van der Waals surface area (Å²) >= 11 is 0. The molecule has 1 aromatic heterocycles. The molecule has 126 valence electrons. The van der Waals surface area contributed by atoms with E-state index in [4.69, 9.17) is 0 Å². The number of rotatable bonds is 5. The van der Waals surface area contributed by atoms with E-state index in [1.165, 1.54) is 14.1 Å². The Labute approximate surface area is 132 Å². The molecule has 0 aliphatic carbocycles. The van der Waals surface area contributed by atoms with Crippen LogP contribution in [-0.4, -0.2) is 29.6 Å². The molecule has 0 unspecified atom stereocenters. The van der Waals surface area contributed by atoms with Crippen LogP contribution < -0.4 is 0 Å². The number of hydrogen-bond acceptors (Lipinski definition) is 3. The number of sulfonamides is 1. The lowest BCUT2D eigenvalue weighted by Gasteiger charge is -2.17. The van der Waals surface area contributed by atoms with Crippen molar-refractivity contribution in [2.24, 2.45) is 7.05 Å². The number of benzene rings is 1. The van der Waals surface area contributed by atoms with Crippen molar-refractivity contribution in [3.05, 3.63) is 53.3 Å². The maximum absolute atomic E-state index is 12.6. The Kier molecular flexibility index (Phi) is 4.81. The topological polar surface area (TPSA) is 55.2 Å². The van der Waals surface area contributed by atoms with Gasteiger partial charge in [-0.1, -0.05) is 30.3 Å². The van der Waals surface area contributed by atoms with Crippen LogP contribution in [-0.2, 0) is 35.5 Å². The predicted octanol–water partition coefficient (Wildman–Crippen LogP) is 2.40. The minimum absolute atomic E-state index is 0.163. The molecule has 0 N–H and O–H groups in total. The van der Waals surface area contributed by atoms with Gasteiger partial charge in [-0.15, -0.1) is 0 Å². The summed E-state index contributed by atoms with van der Waals surface area (Å²) in [7, 11) is -0.962. The van der Waals surface area contributed by atoms with E-state index in [-0.39, 0.29) is 18.0 Å². The Bertz CT molecular complexity index is 770. The number of nitrogens with zero attached hydrogens (tertiary/aromatic N) is 3. The largest absolute Gasteiger partial charge is 0.435 e. The van der Waals surface area contributed by atoms with Crippen molar-refractivity contribution in [3.63, 3.8) is 0 Å². The van der Waals surface area contributed by atoms with Gasteiger partial charge in [-0.3, -0.25) is 4.68 Å². The van der Waals surface area contributed by atoms with Crippen molar-refractivity contribution in [3.8, 4) is 0 Å². The number of halogens is 3. The molecule has 5 nitrogen and oxygen atoms in total. The van der Waals surface area contributed by atoms with E-state index in [0.29, 0.717) is 5.56 Å². The van der Waals surface area contributed by atoms with Crippen LogP contribution in [0.25, 0.3) is 0 Å². The number of alkyl halides is 3. The van der Waals surface area contributed by atoms with E-state index in [9.17, 15) is 21.6 Å². The number of aromatic nitrogens is 2. The molecule has 0 saturated carbocycles. The molecular formula is C14H16F3N3O2S. The van der Waals surface area contributed by atoms with Gasteiger partial charge >= 0.3 is 6.18 Å². The molecule has 0 spiro atoms. The van der Waals surface area contributed by atoms with Crippen LogP contribution in [0, 0.1) is 0 Å². The van der Waals surface area contributed by atoms with Crippen molar-refractivity contribution in [1.29, 1.82) is 0 Å². The Morgan fingerprint density at radius 2 is 1.83 bits per heavy atom. The minimum Gasteiger partial charge on any atom is -0.271 e. The summed E-state index contributed by atoms with van der Waals surface area (Å²) in [6.07, 6.45) is -4.56. The van der Waals surface area contributed by atoms with Gasteiger partial charge in [0, 0.05) is 14.1 Å². The fourth-order valence-corrected chi connectivity index (χ4v) is 3.18. The molecule has 0 aliphatic rings. The zero-order valence-corrected chi connectivity index (χ0v) is 13.4. The maximum atomic E-state index is 12.6. The van der Waals surface area contributed by atoms with Gasteiger partial charge in [0.15, 0.2) is 5.69 Å². The first-order valence-electron chi connectivity index (χ1n) is 6.67. The van der Waals surface area contributed by atoms with E-state index in [0.717, 1.165) is 15.1 Å². The fourth-order valence-electron chi connectivity index (χ4n) is 2.01. The zero-order valence-electron chi connectivity index (χ0n) is 12.6. The molecule has 0 atom stereocenters. The van der Waals surface area contributed by atoms with Gasteiger partial charge in [0.2, 0.25) is 10.0 Å². The van der Waals surface area contributed by atoms with E-state index in [2.05, 4.69) is 5.10 Å². The molecule has 23 heavy (non-hydrogen) atoms. The lowest BCUT2D eigenvalue weighted by molar-refractivity contribution is -0.141. The highest BCUT2D eigenvalue weighted by Gasteiger charge is 2.35. The molecule has 0 radical (unpaired) electrons. The first-order valence-corrected chi connectivity index (χ1v) is 8.28. The van der Waals surface area contributed by atoms with Crippen molar-refractivity contribution in [2.75, 3.05) is 7.05 Å². The van der Waals surface area contributed by atoms with Crippen LogP contribution in [0.1, 0.15) is 17.0 Å². The Hall–Kier alpha value is -1.87. The van der Waals surface area contributed by atoms with Gasteiger partial charge in [-0.05, 0) is 11.6 Å². The van der Waals surface area contributed by atoms with E-state index >= 15 is 0 Å². The smallest absolute Gasteiger partial charge is 0.271 e. The third-order valence-corrected chi connectivity index (χ3v) is 5.10. The normalized spacial score (nSPS) is 12.8. The van der Waals surface area contributed by atoms with Crippen molar-refractivity contribution in [1.82, 2.24) is 14.1 Å². The average molecular weight is 347 g/mol. The first kappa shape index (κ1) is 17.5. The van der Waals surface area contributed by atoms with Crippen molar-refractivity contribution >= 4 is 10.0 Å². The third kappa shape index (κ3) is 4.32. The summed E-state index contributed by atoms with van der Waals surface area (Å²) in [4.78, 5) is 0. The predicted molar refractivity (Wildman–Crippen MR) is 78.7 cm³/mol. The van der Waals surface area contributed by atoms with Gasteiger partial charge in [0.05, 0.1) is 18.0 Å². The van der Waals surface area contributed by atoms with E-state index in [1.807, 2.05) is 0 Å². The molecule has 1 heterocycles. The lowest BCUT2D eigenvalue weighted by Crippen LogP contribution is -2.28. The molecule has 0 amide bonds. The van der Waals surface area contributed by atoms with Crippen LogP contribution in [0.5, 0.6) is 0 Å². The molecule has 2 rings (SSSR count). The van der Waals surface area contributed by atoms with Gasteiger partial charge < -0.3 is 0 Å². The van der Waals surface area contributed by atoms with Crippen LogP contribution in [0.15, 0.2) is 36.4 Å². The second-order valence-electron chi connectivity index (χ2n) is 5.14. The Balaban J connectivity index is 2.15. The highest BCUT2D eigenvalue weighted by molar-refractivity contribution is 7.88. The summed E-state index contributed by atoms with van der Waals surface area (Å²) < 4.78 is 64.5. The monoisotopic (exact) mass is 347 g/mol. The summed E-state index contributed by atoms with van der Waals surface area (Å²) in [6.45, 7) is -0.186. The second-order valence-corrected chi connectivity index (χ2v) is 7.22. The first-order chi connectivity index (χ1) is 10.6. The quantitative estimate of drug-likeness (QED) is 0.835. The molecule has 9 heteroatoms. The number of aryl methyl sites for hydroxylation is 1. The summed E-state index contributed by atoms with van der Waals surface area (Å²) in [5.74, 6) is -0.214. The van der Waals surface area contributed by atoms with E-state index in [1.54, 1.807) is 30.3 Å². The van der Waals surface area contributed by atoms with Gasteiger partial charge in [0.25, 0.3) is 0 Å². The molecule has 0 saturated heterocycles. The fraction of sp³-hybridized carbons (Fsp3) is 0.357. The summed E-state index contributed by atoms with van der Waals surface area (Å²) in [6, 6.07) is 9.43. The second kappa shape index (κ2) is 6.32. The van der Waals surface area contributed by atoms with E-state index < -0.39 is 21.9 Å². The standard InChI is InChI=1S/C14H16F3N3O2S/c1-19(23(21,22)10-11-6-4-3-5-7-11)9-12-8-13(14(15,16)17)18-20(12)2/h3-8H,9-10H2,1-2H3. The molecule has 1 aromatic carbocycles. The van der Waals surface area contributed by atoms with Gasteiger partial charge in [-0.25, -0.2) is 8.42 Å². The molecule has 0 fully saturated rings. The molecule has 0 bridgehead atoms. The van der Waals surface area contributed by atoms with Gasteiger partial charge in [-0.2, -0.15) is 22.6 Å².